The number of ether oxygens (including phenoxy) is 1. The Morgan fingerprint density at radius 3 is 2.83 bits per heavy atom. The highest BCUT2D eigenvalue weighted by Crippen LogP contribution is 2.32. The summed E-state index contributed by atoms with van der Waals surface area (Å²) in [7, 11) is 0. The second-order valence-electron chi connectivity index (χ2n) is 8.36. The molecule has 0 bridgehead atoms. The number of nitrogens with zero attached hydrogens (tertiary/aromatic N) is 4. The maximum absolute atomic E-state index is 11.9. The zero-order chi connectivity index (χ0) is 24.9. The van der Waals surface area contributed by atoms with Gasteiger partial charge in [0.05, 0.1) is 36.2 Å². The highest BCUT2D eigenvalue weighted by atomic mass is 16.5. The fourth-order valence-corrected chi connectivity index (χ4v) is 4.27. The van der Waals surface area contributed by atoms with Crippen LogP contribution < -0.4 is 21.3 Å². The number of rotatable bonds is 7. The van der Waals surface area contributed by atoms with Crippen molar-refractivity contribution in [2.75, 3.05) is 41.8 Å². The average Bonchev–Trinajstić information content (AvgIpc) is 2.93. The number of nitrogens with one attached hydrogen (secondary N) is 2. The van der Waals surface area contributed by atoms with Crippen LogP contribution in [0, 0.1) is 0 Å². The molecule has 1 aliphatic rings. The minimum atomic E-state index is -0.306. The fraction of sp³-hybridized carbons (Fsp3) is 0.185. The quantitative estimate of drug-likeness (QED) is 0.342. The first-order valence-corrected chi connectivity index (χ1v) is 11.7. The van der Waals surface area contributed by atoms with Gasteiger partial charge in [-0.2, -0.15) is 0 Å². The number of benzene rings is 2. The number of pyridine rings is 1. The molecular formula is C27H27N7O2. The lowest BCUT2D eigenvalue weighted by molar-refractivity contribution is -0.111. The summed E-state index contributed by atoms with van der Waals surface area (Å²) in [6, 6.07) is 17.7. The lowest BCUT2D eigenvalue weighted by Crippen LogP contribution is -2.49. The molecule has 0 aliphatic carbocycles. The lowest BCUT2D eigenvalue weighted by Gasteiger charge is -2.36. The van der Waals surface area contributed by atoms with Gasteiger partial charge in [-0.25, -0.2) is 9.97 Å². The summed E-state index contributed by atoms with van der Waals surface area (Å²) in [6.07, 6.45) is 4.68. The molecule has 1 fully saturated rings. The summed E-state index contributed by atoms with van der Waals surface area (Å²) in [4.78, 5) is 28.0. The van der Waals surface area contributed by atoms with Crippen LogP contribution in [0.15, 0.2) is 79.6 Å². The molecule has 0 spiro atoms. The third-order valence-corrected chi connectivity index (χ3v) is 6.07. The van der Waals surface area contributed by atoms with Crippen molar-refractivity contribution in [3.63, 3.8) is 0 Å². The minimum Gasteiger partial charge on any atom is -0.377 e. The predicted molar refractivity (Wildman–Crippen MR) is 142 cm³/mol. The second kappa shape index (κ2) is 10.5. The van der Waals surface area contributed by atoms with Crippen molar-refractivity contribution >= 4 is 39.8 Å². The molecule has 1 saturated heterocycles. The van der Waals surface area contributed by atoms with E-state index >= 15 is 0 Å². The van der Waals surface area contributed by atoms with Gasteiger partial charge in [-0.1, -0.05) is 24.8 Å². The van der Waals surface area contributed by atoms with Crippen molar-refractivity contribution in [2.24, 2.45) is 5.73 Å². The number of carbonyl (C=O) groups excluding carboxylic acids is 1. The van der Waals surface area contributed by atoms with Gasteiger partial charge in [0, 0.05) is 47.8 Å². The van der Waals surface area contributed by atoms with Crippen LogP contribution in [-0.4, -0.2) is 53.2 Å². The van der Waals surface area contributed by atoms with Crippen molar-refractivity contribution in [1.29, 1.82) is 0 Å². The summed E-state index contributed by atoms with van der Waals surface area (Å²) in [5, 5.41) is 6.97. The molecule has 182 valence electrons. The predicted octanol–water partition coefficient (Wildman–Crippen LogP) is 3.72. The van der Waals surface area contributed by atoms with Gasteiger partial charge in [0.2, 0.25) is 11.9 Å². The third kappa shape index (κ3) is 4.88. The Hall–Kier alpha value is -4.34. The summed E-state index contributed by atoms with van der Waals surface area (Å²) < 4.78 is 5.56. The van der Waals surface area contributed by atoms with E-state index in [9.17, 15) is 4.79 Å². The lowest BCUT2D eigenvalue weighted by atomic mass is 10.1. The highest BCUT2D eigenvalue weighted by molar-refractivity contribution is 6.03. The summed E-state index contributed by atoms with van der Waals surface area (Å²) in [6.45, 7) is 6.21. The number of amides is 1. The van der Waals surface area contributed by atoms with Crippen molar-refractivity contribution < 1.29 is 9.53 Å². The third-order valence-electron chi connectivity index (χ3n) is 6.07. The number of nitrogens with two attached hydrogens (primary N) is 1. The van der Waals surface area contributed by atoms with Gasteiger partial charge < -0.3 is 26.0 Å². The first kappa shape index (κ1) is 23.4. The van der Waals surface area contributed by atoms with Gasteiger partial charge in [0.15, 0.2) is 0 Å². The van der Waals surface area contributed by atoms with E-state index < -0.39 is 0 Å². The van der Waals surface area contributed by atoms with E-state index in [0.717, 1.165) is 34.4 Å². The zero-order valence-corrected chi connectivity index (χ0v) is 19.7. The van der Waals surface area contributed by atoms with E-state index in [1.807, 2.05) is 30.3 Å². The maximum atomic E-state index is 11.9. The van der Waals surface area contributed by atoms with E-state index in [2.05, 4.69) is 44.2 Å². The number of fused-ring (bicyclic) bond motifs is 1. The van der Waals surface area contributed by atoms with Gasteiger partial charge in [0.25, 0.3) is 0 Å². The van der Waals surface area contributed by atoms with E-state index in [0.29, 0.717) is 37.1 Å². The molecule has 9 heteroatoms. The van der Waals surface area contributed by atoms with Crippen LogP contribution in [0.25, 0.3) is 22.2 Å². The molecule has 1 amide bonds. The smallest absolute Gasteiger partial charge is 0.247 e. The molecule has 0 saturated carbocycles. The van der Waals surface area contributed by atoms with Gasteiger partial charge in [-0.05, 0) is 42.5 Å². The highest BCUT2D eigenvalue weighted by Gasteiger charge is 2.22. The number of anilines is 4. The molecule has 4 N–H and O–H groups in total. The molecule has 2 aromatic heterocycles. The summed E-state index contributed by atoms with van der Waals surface area (Å²) in [5.74, 6) is 0.154. The van der Waals surface area contributed by atoms with Crippen LogP contribution in [0.2, 0.25) is 0 Å². The standard InChI is InChI=1S/C27H27N7O2/c1-2-24(35)32-23-7-4-12-29-26(23)22-6-3-5-18-16-30-27(33-25(18)22)31-19-8-10-20(11-9-19)34-13-14-36-17-21(34)15-28/h2-12,16,21H,1,13-15,17,28H2,(H,32,35)(H,30,31,33)/t21-/m0/s1. The monoisotopic (exact) mass is 481 g/mol. The SMILES string of the molecule is C=CC(=O)Nc1cccnc1-c1cccc2cnc(Nc3ccc(N4CCOC[C@@H]4CN)cc3)nc12. The van der Waals surface area contributed by atoms with Crippen LogP contribution in [0.4, 0.5) is 23.0 Å². The van der Waals surface area contributed by atoms with Crippen LogP contribution >= 0.6 is 0 Å². The Labute approximate surface area is 209 Å². The van der Waals surface area contributed by atoms with Crippen molar-refractivity contribution in [2.45, 2.75) is 6.04 Å². The molecule has 5 rings (SSSR count). The van der Waals surface area contributed by atoms with Crippen molar-refractivity contribution in [3.8, 4) is 11.3 Å². The molecule has 36 heavy (non-hydrogen) atoms. The molecule has 9 nitrogen and oxygen atoms in total. The van der Waals surface area contributed by atoms with Crippen molar-refractivity contribution in [3.05, 3.63) is 79.6 Å². The van der Waals surface area contributed by atoms with Crippen LogP contribution in [0.3, 0.4) is 0 Å². The Kier molecular flexibility index (Phi) is 6.83. The topological polar surface area (TPSA) is 118 Å². The van der Waals surface area contributed by atoms with Gasteiger partial charge in [-0.15, -0.1) is 0 Å². The Bertz CT molecular complexity index is 1390. The molecule has 1 atom stereocenters. The largest absolute Gasteiger partial charge is 0.377 e. The van der Waals surface area contributed by atoms with Gasteiger partial charge in [0.1, 0.15) is 0 Å². The fourth-order valence-electron chi connectivity index (χ4n) is 4.27. The number of morpholine rings is 1. The number of aromatic nitrogens is 3. The summed E-state index contributed by atoms with van der Waals surface area (Å²) >= 11 is 0. The van der Waals surface area contributed by atoms with Gasteiger partial charge in [-0.3, -0.25) is 9.78 Å². The first-order chi connectivity index (χ1) is 17.7. The molecule has 3 heterocycles. The molecular weight excluding hydrogens is 454 g/mol. The Morgan fingerprint density at radius 2 is 2.03 bits per heavy atom. The molecule has 0 unspecified atom stereocenters. The maximum Gasteiger partial charge on any atom is 0.247 e. The van der Waals surface area contributed by atoms with E-state index in [1.54, 1.807) is 24.5 Å². The van der Waals surface area contributed by atoms with Crippen LogP contribution in [0.5, 0.6) is 0 Å². The molecule has 1 aliphatic heterocycles. The number of para-hydroxylation sites is 1. The van der Waals surface area contributed by atoms with Crippen LogP contribution in [-0.2, 0) is 9.53 Å². The zero-order valence-electron chi connectivity index (χ0n) is 19.7. The molecule has 0 radical (unpaired) electrons. The molecule has 2 aromatic carbocycles. The first-order valence-electron chi connectivity index (χ1n) is 11.7. The second-order valence-corrected chi connectivity index (χ2v) is 8.36. The Balaban J connectivity index is 1.43. The normalized spacial score (nSPS) is 15.5. The van der Waals surface area contributed by atoms with Crippen LogP contribution in [0.1, 0.15) is 0 Å². The van der Waals surface area contributed by atoms with E-state index in [-0.39, 0.29) is 11.9 Å². The van der Waals surface area contributed by atoms with Gasteiger partial charge >= 0.3 is 0 Å². The average molecular weight is 482 g/mol. The molecule has 4 aromatic rings. The van der Waals surface area contributed by atoms with E-state index in [4.69, 9.17) is 15.5 Å². The van der Waals surface area contributed by atoms with Crippen molar-refractivity contribution in [1.82, 2.24) is 15.0 Å². The number of carbonyl (C=O) groups is 1. The number of hydrogen-bond donors (Lipinski definition) is 3. The van der Waals surface area contributed by atoms with E-state index in [1.165, 1.54) is 6.08 Å². The number of hydrogen-bond acceptors (Lipinski definition) is 8. The minimum absolute atomic E-state index is 0.174. The summed E-state index contributed by atoms with van der Waals surface area (Å²) in [5.41, 5.74) is 10.6. The Morgan fingerprint density at radius 1 is 1.17 bits per heavy atom.